The van der Waals surface area contributed by atoms with Crippen molar-refractivity contribution in [3.05, 3.63) is 48.0 Å². The molecule has 1 atom stereocenters. The lowest BCUT2D eigenvalue weighted by Crippen LogP contribution is -2.31. The highest BCUT2D eigenvalue weighted by Crippen LogP contribution is 2.31. The molecule has 0 fully saturated rings. The number of methoxy groups -OCH3 is 1. The summed E-state index contributed by atoms with van der Waals surface area (Å²) in [7, 11) is 1.52. The number of carbonyl (C=O) groups is 2. The number of fused-ring (bicyclic) bond motifs is 1. The Morgan fingerprint density at radius 3 is 2.67 bits per heavy atom. The molecular weight excluding hydrogens is 308 g/mol. The largest absolute Gasteiger partial charge is 0.495 e. The van der Waals surface area contributed by atoms with Gasteiger partial charge in [0.25, 0.3) is 5.91 Å². The summed E-state index contributed by atoms with van der Waals surface area (Å²) in [6.45, 7) is 1.42. The Morgan fingerprint density at radius 2 is 1.96 bits per heavy atom. The minimum atomic E-state index is -0.587. The molecule has 0 aromatic heterocycles. The van der Waals surface area contributed by atoms with E-state index in [2.05, 4.69) is 10.6 Å². The molecule has 0 unspecified atom stereocenters. The third kappa shape index (κ3) is 3.32. The lowest BCUT2D eigenvalue weighted by molar-refractivity contribution is -0.122. The van der Waals surface area contributed by atoms with Crippen molar-refractivity contribution in [3.63, 3.8) is 0 Å². The van der Waals surface area contributed by atoms with Gasteiger partial charge in [-0.05, 0) is 29.8 Å². The van der Waals surface area contributed by atoms with Gasteiger partial charge in [-0.2, -0.15) is 0 Å². The monoisotopic (exact) mass is 326 g/mol. The molecule has 2 aromatic rings. The van der Waals surface area contributed by atoms with Gasteiger partial charge in [0.05, 0.1) is 12.8 Å². The fraction of sp³-hybridized carbons (Fsp3) is 0.222. The molecule has 0 bridgehead atoms. The minimum absolute atomic E-state index is 0.188. The van der Waals surface area contributed by atoms with Crippen molar-refractivity contribution in [1.82, 2.24) is 0 Å². The average Bonchev–Trinajstić information content (AvgIpc) is 2.99. The summed E-state index contributed by atoms with van der Waals surface area (Å²) < 4.78 is 10.9. The number of amides is 2. The highest BCUT2D eigenvalue weighted by molar-refractivity contribution is 5.97. The SMILES string of the molecule is COc1ccc(NC(C)=O)cc1NC(=O)[C@@H]1Cc2ccccc2O1. The van der Waals surface area contributed by atoms with E-state index in [1.165, 1.54) is 14.0 Å². The van der Waals surface area contributed by atoms with E-state index in [1.54, 1.807) is 18.2 Å². The first kappa shape index (κ1) is 15.9. The molecule has 1 heterocycles. The van der Waals surface area contributed by atoms with Gasteiger partial charge in [0, 0.05) is 19.0 Å². The maximum Gasteiger partial charge on any atom is 0.265 e. The van der Waals surface area contributed by atoms with Crippen LogP contribution in [0, 0.1) is 0 Å². The molecule has 2 amide bonds. The van der Waals surface area contributed by atoms with Crippen LogP contribution in [0.3, 0.4) is 0 Å². The highest BCUT2D eigenvalue weighted by atomic mass is 16.5. The van der Waals surface area contributed by atoms with Gasteiger partial charge >= 0.3 is 0 Å². The zero-order chi connectivity index (χ0) is 17.1. The van der Waals surface area contributed by atoms with Gasteiger partial charge in [-0.25, -0.2) is 0 Å². The predicted octanol–water partition coefficient (Wildman–Crippen LogP) is 2.60. The second-order valence-corrected chi connectivity index (χ2v) is 5.50. The van der Waals surface area contributed by atoms with Gasteiger partial charge in [0.1, 0.15) is 11.5 Å². The number of rotatable bonds is 4. The van der Waals surface area contributed by atoms with Crippen LogP contribution in [0.5, 0.6) is 11.5 Å². The zero-order valence-electron chi connectivity index (χ0n) is 13.5. The van der Waals surface area contributed by atoms with E-state index in [9.17, 15) is 9.59 Å². The summed E-state index contributed by atoms with van der Waals surface area (Å²) in [5, 5.41) is 5.49. The quantitative estimate of drug-likeness (QED) is 0.905. The molecule has 6 nitrogen and oxygen atoms in total. The first-order chi connectivity index (χ1) is 11.6. The van der Waals surface area contributed by atoms with Crippen LogP contribution in [0.2, 0.25) is 0 Å². The van der Waals surface area contributed by atoms with Crippen molar-refractivity contribution in [2.45, 2.75) is 19.4 Å². The molecule has 2 N–H and O–H groups in total. The normalized spacial score (nSPS) is 15.2. The first-order valence-corrected chi connectivity index (χ1v) is 7.58. The van der Waals surface area contributed by atoms with Crippen LogP contribution in [0.15, 0.2) is 42.5 Å². The van der Waals surface area contributed by atoms with Crippen molar-refractivity contribution < 1.29 is 19.1 Å². The molecule has 24 heavy (non-hydrogen) atoms. The predicted molar refractivity (Wildman–Crippen MR) is 90.5 cm³/mol. The summed E-state index contributed by atoms with van der Waals surface area (Å²) in [5.74, 6) is 0.793. The van der Waals surface area contributed by atoms with Crippen LogP contribution in [-0.2, 0) is 16.0 Å². The Morgan fingerprint density at radius 1 is 1.17 bits per heavy atom. The van der Waals surface area contributed by atoms with E-state index in [4.69, 9.17) is 9.47 Å². The van der Waals surface area contributed by atoms with Gasteiger partial charge < -0.3 is 20.1 Å². The standard InChI is InChI=1S/C18H18N2O4/c1-11(21)19-13-7-8-16(23-2)14(10-13)20-18(22)17-9-12-5-3-4-6-15(12)24-17/h3-8,10,17H,9H2,1-2H3,(H,19,21)(H,20,22)/t17-/m0/s1. The second kappa shape index (κ2) is 6.62. The first-order valence-electron chi connectivity index (χ1n) is 7.58. The van der Waals surface area contributed by atoms with Crippen LogP contribution in [-0.4, -0.2) is 25.0 Å². The summed E-state index contributed by atoms with van der Waals surface area (Å²) in [5.41, 5.74) is 2.07. The summed E-state index contributed by atoms with van der Waals surface area (Å²) in [6, 6.07) is 12.6. The highest BCUT2D eigenvalue weighted by Gasteiger charge is 2.29. The minimum Gasteiger partial charge on any atom is -0.495 e. The van der Waals surface area contributed by atoms with Crippen molar-refractivity contribution in [3.8, 4) is 11.5 Å². The molecule has 2 aromatic carbocycles. The zero-order valence-corrected chi connectivity index (χ0v) is 13.5. The second-order valence-electron chi connectivity index (χ2n) is 5.50. The number of nitrogens with one attached hydrogen (secondary N) is 2. The average molecular weight is 326 g/mol. The number of anilines is 2. The number of hydrogen-bond acceptors (Lipinski definition) is 4. The number of carbonyl (C=O) groups excluding carboxylic acids is 2. The molecular formula is C18H18N2O4. The Kier molecular flexibility index (Phi) is 4.37. The van der Waals surface area contributed by atoms with Crippen LogP contribution >= 0.6 is 0 Å². The van der Waals surface area contributed by atoms with Crippen molar-refractivity contribution in [2.24, 2.45) is 0 Å². The number of para-hydroxylation sites is 1. The van der Waals surface area contributed by atoms with E-state index >= 15 is 0 Å². The molecule has 0 radical (unpaired) electrons. The maximum absolute atomic E-state index is 12.5. The van der Waals surface area contributed by atoms with Gasteiger partial charge in [-0.1, -0.05) is 18.2 Å². The van der Waals surface area contributed by atoms with Crippen molar-refractivity contribution in [2.75, 3.05) is 17.7 Å². The summed E-state index contributed by atoms with van der Waals surface area (Å²) >= 11 is 0. The Hall–Kier alpha value is -3.02. The van der Waals surface area contributed by atoms with E-state index in [-0.39, 0.29) is 11.8 Å². The third-order valence-corrected chi connectivity index (χ3v) is 3.72. The van der Waals surface area contributed by atoms with Gasteiger partial charge in [0.15, 0.2) is 6.10 Å². The fourth-order valence-electron chi connectivity index (χ4n) is 2.63. The van der Waals surface area contributed by atoms with Gasteiger partial charge in [-0.3, -0.25) is 9.59 Å². The Labute approximate surface area is 139 Å². The number of benzene rings is 2. The molecule has 0 saturated heterocycles. The molecule has 3 rings (SSSR count). The molecule has 1 aliphatic heterocycles. The molecule has 0 aliphatic carbocycles. The van der Waals surface area contributed by atoms with Gasteiger partial charge in [0.2, 0.25) is 5.91 Å². The van der Waals surface area contributed by atoms with Crippen LogP contribution in [0.25, 0.3) is 0 Å². The van der Waals surface area contributed by atoms with E-state index in [0.717, 1.165) is 11.3 Å². The van der Waals surface area contributed by atoms with Crippen LogP contribution < -0.4 is 20.1 Å². The maximum atomic E-state index is 12.5. The molecule has 0 spiro atoms. The summed E-state index contributed by atoms with van der Waals surface area (Å²) in [6.07, 6.45) is -0.0630. The number of ether oxygens (including phenoxy) is 2. The topological polar surface area (TPSA) is 76.7 Å². The third-order valence-electron chi connectivity index (χ3n) is 3.72. The fourth-order valence-corrected chi connectivity index (χ4v) is 2.63. The van der Waals surface area contributed by atoms with Crippen molar-refractivity contribution in [1.29, 1.82) is 0 Å². The molecule has 0 saturated carbocycles. The summed E-state index contributed by atoms with van der Waals surface area (Å²) in [4.78, 5) is 23.7. The van der Waals surface area contributed by atoms with Crippen LogP contribution in [0.4, 0.5) is 11.4 Å². The van der Waals surface area contributed by atoms with E-state index < -0.39 is 6.10 Å². The van der Waals surface area contributed by atoms with E-state index in [0.29, 0.717) is 23.5 Å². The molecule has 6 heteroatoms. The Balaban J connectivity index is 1.75. The molecule has 124 valence electrons. The smallest absolute Gasteiger partial charge is 0.265 e. The van der Waals surface area contributed by atoms with Crippen molar-refractivity contribution >= 4 is 23.2 Å². The lowest BCUT2D eigenvalue weighted by atomic mass is 10.1. The Bertz CT molecular complexity index is 763. The van der Waals surface area contributed by atoms with E-state index in [1.807, 2.05) is 24.3 Å². The lowest BCUT2D eigenvalue weighted by Gasteiger charge is -2.15. The number of hydrogen-bond donors (Lipinski definition) is 2. The molecule has 1 aliphatic rings. The van der Waals surface area contributed by atoms with Gasteiger partial charge in [-0.15, -0.1) is 0 Å². The van der Waals surface area contributed by atoms with Crippen LogP contribution in [0.1, 0.15) is 12.5 Å².